The molecule has 0 heterocycles. The smallest absolute Gasteiger partial charge is 0.203 e. The minimum atomic E-state index is -0.194. The molecule has 0 saturated heterocycles. The first-order chi connectivity index (χ1) is 12.1. The highest BCUT2D eigenvalue weighted by Gasteiger charge is 2.15. The SMILES string of the molecule is COc1ccc(NC=CC(=O)c2cc(OC)c(OC)c(OC)c2)cc1. The Morgan fingerprint density at radius 1 is 0.880 bits per heavy atom. The van der Waals surface area contributed by atoms with E-state index in [9.17, 15) is 4.79 Å². The summed E-state index contributed by atoms with van der Waals surface area (Å²) in [6, 6.07) is 10.6. The van der Waals surface area contributed by atoms with Crippen LogP contribution in [0.3, 0.4) is 0 Å². The standard InChI is InChI=1S/C19H21NO5/c1-22-15-7-5-14(6-8-15)20-10-9-16(21)13-11-17(23-2)19(25-4)18(12-13)24-3/h5-12,20H,1-4H3. The molecule has 0 unspecified atom stereocenters. The van der Waals surface area contributed by atoms with Gasteiger partial charge in [-0.1, -0.05) is 0 Å². The lowest BCUT2D eigenvalue weighted by molar-refractivity contribution is 0.104. The van der Waals surface area contributed by atoms with Gasteiger partial charge in [0, 0.05) is 23.5 Å². The van der Waals surface area contributed by atoms with Crippen LogP contribution in [0, 0.1) is 0 Å². The second-order valence-corrected chi connectivity index (χ2v) is 4.98. The van der Waals surface area contributed by atoms with Crippen molar-refractivity contribution < 1.29 is 23.7 Å². The minimum absolute atomic E-state index is 0.194. The normalized spacial score (nSPS) is 10.4. The van der Waals surface area contributed by atoms with Gasteiger partial charge in [-0.25, -0.2) is 0 Å². The number of carbonyl (C=O) groups is 1. The molecule has 1 N–H and O–H groups in total. The summed E-state index contributed by atoms with van der Waals surface area (Å²) < 4.78 is 20.9. The highest BCUT2D eigenvalue weighted by atomic mass is 16.5. The first-order valence-electron chi connectivity index (χ1n) is 7.54. The first-order valence-corrected chi connectivity index (χ1v) is 7.54. The van der Waals surface area contributed by atoms with Crippen molar-refractivity contribution in [2.24, 2.45) is 0 Å². The molecule has 0 bridgehead atoms. The zero-order valence-electron chi connectivity index (χ0n) is 14.7. The lowest BCUT2D eigenvalue weighted by Crippen LogP contribution is -2.01. The van der Waals surface area contributed by atoms with Crippen LogP contribution in [0.15, 0.2) is 48.7 Å². The summed E-state index contributed by atoms with van der Waals surface area (Å²) >= 11 is 0. The Bertz CT molecular complexity index is 728. The van der Waals surface area contributed by atoms with E-state index in [0.29, 0.717) is 22.8 Å². The fourth-order valence-corrected chi connectivity index (χ4v) is 2.22. The van der Waals surface area contributed by atoms with Gasteiger partial charge >= 0.3 is 0 Å². The van der Waals surface area contributed by atoms with Crippen LogP contribution in [0.5, 0.6) is 23.0 Å². The van der Waals surface area contributed by atoms with E-state index in [0.717, 1.165) is 11.4 Å². The van der Waals surface area contributed by atoms with Crippen molar-refractivity contribution in [3.63, 3.8) is 0 Å². The molecule has 0 aliphatic rings. The van der Waals surface area contributed by atoms with Crippen molar-refractivity contribution in [2.45, 2.75) is 0 Å². The van der Waals surface area contributed by atoms with Crippen LogP contribution >= 0.6 is 0 Å². The highest BCUT2D eigenvalue weighted by molar-refractivity contribution is 6.05. The lowest BCUT2D eigenvalue weighted by atomic mass is 10.1. The Labute approximate surface area is 147 Å². The van der Waals surface area contributed by atoms with Gasteiger partial charge < -0.3 is 24.3 Å². The third-order valence-corrected chi connectivity index (χ3v) is 3.52. The number of allylic oxidation sites excluding steroid dienone is 1. The molecule has 0 aliphatic carbocycles. The maximum absolute atomic E-state index is 12.4. The van der Waals surface area contributed by atoms with Crippen LogP contribution in [0.25, 0.3) is 0 Å². The number of hydrogen-bond donors (Lipinski definition) is 1. The number of nitrogens with one attached hydrogen (secondary N) is 1. The third kappa shape index (κ3) is 4.44. The van der Waals surface area contributed by atoms with Crippen molar-refractivity contribution in [1.82, 2.24) is 0 Å². The van der Waals surface area contributed by atoms with Crippen molar-refractivity contribution in [1.29, 1.82) is 0 Å². The largest absolute Gasteiger partial charge is 0.497 e. The van der Waals surface area contributed by atoms with Crippen LogP contribution in [0.1, 0.15) is 10.4 Å². The summed E-state index contributed by atoms with van der Waals surface area (Å²) in [5, 5.41) is 3.03. The van der Waals surface area contributed by atoms with Crippen LogP contribution in [-0.2, 0) is 0 Å². The van der Waals surface area contributed by atoms with E-state index in [1.165, 1.54) is 27.4 Å². The number of ether oxygens (including phenoxy) is 4. The van der Waals surface area contributed by atoms with E-state index in [1.54, 1.807) is 25.4 Å². The Hall–Kier alpha value is -3.15. The van der Waals surface area contributed by atoms with Crippen molar-refractivity contribution >= 4 is 11.5 Å². The Kier molecular flexibility index (Phi) is 6.28. The second-order valence-electron chi connectivity index (χ2n) is 4.98. The molecule has 0 radical (unpaired) electrons. The van der Waals surface area contributed by atoms with Gasteiger partial charge in [0.05, 0.1) is 28.4 Å². The number of ketones is 1. The first kappa shape index (κ1) is 18.2. The third-order valence-electron chi connectivity index (χ3n) is 3.52. The quantitative estimate of drug-likeness (QED) is 0.584. The van der Waals surface area contributed by atoms with Crippen LogP contribution in [-0.4, -0.2) is 34.2 Å². The maximum Gasteiger partial charge on any atom is 0.203 e. The fourth-order valence-electron chi connectivity index (χ4n) is 2.22. The Morgan fingerprint density at radius 2 is 1.48 bits per heavy atom. The molecule has 0 fully saturated rings. The van der Waals surface area contributed by atoms with Crippen LogP contribution < -0.4 is 24.3 Å². The van der Waals surface area contributed by atoms with Crippen molar-refractivity contribution in [2.75, 3.05) is 33.8 Å². The molecule has 6 nitrogen and oxygen atoms in total. The number of benzene rings is 2. The molecule has 0 saturated carbocycles. The van der Waals surface area contributed by atoms with Gasteiger partial charge in [0.1, 0.15) is 5.75 Å². The summed E-state index contributed by atoms with van der Waals surface area (Å²) in [7, 11) is 6.14. The summed E-state index contributed by atoms with van der Waals surface area (Å²) in [5.74, 6) is 1.88. The molecule has 132 valence electrons. The molecule has 0 aliphatic heterocycles. The average molecular weight is 343 g/mol. The van der Waals surface area contributed by atoms with Gasteiger partial charge in [-0.3, -0.25) is 4.79 Å². The average Bonchev–Trinajstić information content (AvgIpc) is 2.67. The van der Waals surface area contributed by atoms with E-state index < -0.39 is 0 Å². The molecule has 0 aromatic heterocycles. The monoisotopic (exact) mass is 343 g/mol. The fraction of sp³-hybridized carbons (Fsp3) is 0.211. The number of rotatable bonds is 8. The van der Waals surface area contributed by atoms with Crippen LogP contribution in [0.2, 0.25) is 0 Å². The van der Waals surface area contributed by atoms with Gasteiger partial charge in [0.2, 0.25) is 5.75 Å². The van der Waals surface area contributed by atoms with Crippen LogP contribution in [0.4, 0.5) is 5.69 Å². The van der Waals surface area contributed by atoms with E-state index in [-0.39, 0.29) is 5.78 Å². The van der Waals surface area contributed by atoms with E-state index in [1.807, 2.05) is 24.3 Å². The predicted molar refractivity (Wildman–Crippen MR) is 96.2 cm³/mol. The van der Waals surface area contributed by atoms with Gasteiger partial charge in [0.25, 0.3) is 0 Å². The van der Waals surface area contributed by atoms with Gasteiger partial charge in [-0.2, -0.15) is 0 Å². The summed E-state index contributed by atoms with van der Waals surface area (Å²) in [6.45, 7) is 0. The zero-order chi connectivity index (χ0) is 18.2. The van der Waals surface area contributed by atoms with E-state index in [4.69, 9.17) is 18.9 Å². The molecule has 0 atom stereocenters. The van der Waals surface area contributed by atoms with Crippen molar-refractivity contribution in [3.8, 4) is 23.0 Å². The molecule has 25 heavy (non-hydrogen) atoms. The zero-order valence-corrected chi connectivity index (χ0v) is 14.7. The Morgan fingerprint density at radius 3 is 1.96 bits per heavy atom. The molecule has 2 aromatic rings. The summed E-state index contributed by atoms with van der Waals surface area (Å²) in [5.41, 5.74) is 1.28. The minimum Gasteiger partial charge on any atom is -0.497 e. The van der Waals surface area contributed by atoms with E-state index in [2.05, 4.69) is 5.32 Å². The Balaban J connectivity index is 2.13. The molecule has 2 rings (SSSR count). The van der Waals surface area contributed by atoms with Crippen molar-refractivity contribution in [3.05, 3.63) is 54.2 Å². The van der Waals surface area contributed by atoms with Gasteiger partial charge in [-0.15, -0.1) is 0 Å². The topological polar surface area (TPSA) is 66.0 Å². The molecular weight excluding hydrogens is 322 g/mol. The lowest BCUT2D eigenvalue weighted by Gasteiger charge is -2.13. The summed E-state index contributed by atoms with van der Waals surface area (Å²) in [6.07, 6.45) is 3.01. The second kappa shape index (κ2) is 8.63. The maximum atomic E-state index is 12.4. The molecule has 0 spiro atoms. The highest BCUT2D eigenvalue weighted by Crippen LogP contribution is 2.38. The molecule has 6 heteroatoms. The number of methoxy groups -OCH3 is 4. The number of hydrogen-bond acceptors (Lipinski definition) is 6. The predicted octanol–water partition coefficient (Wildman–Crippen LogP) is 3.53. The van der Waals surface area contributed by atoms with Gasteiger partial charge in [0.15, 0.2) is 17.3 Å². The van der Waals surface area contributed by atoms with Gasteiger partial charge in [-0.05, 0) is 36.4 Å². The van der Waals surface area contributed by atoms with E-state index >= 15 is 0 Å². The number of anilines is 1. The molecule has 0 amide bonds. The summed E-state index contributed by atoms with van der Waals surface area (Å²) in [4.78, 5) is 12.4. The number of carbonyl (C=O) groups excluding carboxylic acids is 1. The molecule has 2 aromatic carbocycles. The molecular formula is C19H21NO5.